The second-order valence-electron chi connectivity index (χ2n) is 6.06. The van der Waals surface area contributed by atoms with Crippen molar-refractivity contribution in [1.29, 1.82) is 0 Å². The van der Waals surface area contributed by atoms with Crippen molar-refractivity contribution in [2.45, 2.75) is 19.3 Å². The van der Waals surface area contributed by atoms with E-state index in [2.05, 4.69) is 38.8 Å². The van der Waals surface area contributed by atoms with Gasteiger partial charge in [-0.3, -0.25) is 10.3 Å². The predicted molar refractivity (Wildman–Crippen MR) is 100 cm³/mol. The molecule has 0 saturated heterocycles. The summed E-state index contributed by atoms with van der Waals surface area (Å²) >= 11 is 0. The maximum Gasteiger partial charge on any atom is 0.131 e. The molecule has 0 amide bonds. The second-order valence-corrected chi connectivity index (χ2v) is 6.06. The van der Waals surface area contributed by atoms with Gasteiger partial charge in [0.15, 0.2) is 0 Å². The SMILES string of the molecule is OCc1ccc(-c2cc3c([nH]2)NC=NC3NCc2ccccc2)cc1. The van der Waals surface area contributed by atoms with Crippen LogP contribution in [0.5, 0.6) is 0 Å². The summed E-state index contributed by atoms with van der Waals surface area (Å²) in [6.07, 6.45) is 1.64. The lowest BCUT2D eigenvalue weighted by molar-refractivity contribution is 0.282. The zero-order valence-corrected chi connectivity index (χ0v) is 13.7. The van der Waals surface area contributed by atoms with Crippen molar-refractivity contribution in [2.75, 3.05) is 5.32 Å². The smallest absolute Gasteiger partial charge is 0.131 e. The van der Waals surface area contributed by atoms with Gasteiger partial charge in [-0.2, -0.15) is 0 Å². The number of H-pyrrole nitrogens is 1. The number of aromatic nitrogens is 1. The Kier molecular flexibility index (Phi) is 4.33. The molecule has 0 saturated carbocycles. The quantitative estimate of drug-likeness (QED) is 0.578. The molecule has 0 bridgehead atoms. The first-order valence-electron chi connectivity index (χ1n) is 8.32. The number of nitrogens with one attached hydrogen (secondary N) is 3. The van der Waals surface area contributed by atoms with Crippen molar-refractivity contribution >= 4 is 12.2 Å². The fourth-order valence-electron chi connectivity index (χ4n) is 2.98. The molecule has 4 N–H and O–H groups in total. The lowest BCUT2D eigenvalue weighted by Crippen LogP contribution is -2.23. The van der Waals surface area contributed by atoms with Crippen LogP contribution in [0, 0.1) is 0 Å². The summed E-state index contributed by atoms with van der Waals surface area (Å²) in [5.41, 5.74) is 5.34. The summed E-state index contributed by atoms with van der Waals surface area (Å²) in [5, 5.41) is 15.8. The monoisotopic (exact) mass is 332 g/mol. The minimum absolute atomic E-state index is 0.0579. The van der Waals surface area contributed by atoms with Gasteiger partial charge in [-0.1, -0.05) is 54.6 Å². The van der Waals surface area contributed by atoms with Crippen LogP contribution in [0.3, 0.4) is 0 Å². The Morgan fingerprint density at radius 1 is 1.00 bits per heavy atom. The Labute approximate surface area is 146 Å². The number of aliphatic hydroxyl groups is 1. The minimum Gasteiger partial charge on any atom is -0.392 e. The predicted octanol–water partition coefficient (Wildman–Crippen LogP) is 3.42. The van der Waals surface area contributed by atoms with E-state index in [9.17, 15) is 5.11 Å². The van der Waals surface area contributed by atoms with Crippen LogP contribution >= 0.6 is 0 Å². The average Bonchev–Trinajstić information content (AvgIpc) is 3.12. The third-order valence-corrected chi connectivity index (χ3v) is 4.37. The summed E-state index contributed by atoms with van der Waals surface area (Å²) in [6.45, 7) is 0.816. The Bertz CT molecular complexity index is 868. The number of anilines is 1. The molecular formula is C20H20N4O. The molecule has 5 nitrogen and oxygen atoms in total. The van der Waals surface area contributed by atoms with E-state index < -0.39 is 0 Å². The molecule has 0 radical (unpaired) electrons. The number of aliphatic imine (C=N–C) groups is 1. The van der Waals surface area contributed by atoms with E-state index in [1.54, 1.807) is 6.34 Å². The fraction of sp³-hybridized carbons (Fsp3) is 0.150. The van der Waals surface area contributed by atoms with Crippen LogP contribution in [0.1, 0.15) is 22.9 Å². The third-order valence-electron chi connectivity index (χ3n) is 4.37. The average molecular weight is 332 g/mol. The molecular weight excluding hydrogens is 312 g/mol. The van der Waals surface area contributed by atoms with Crippen molar-refractivity contribution < 1.29 is 5.11 Å². The summed E-state index contributed by atoms with van der Waals surface area (Å²) in [5.74, 6) is 0.960. The van der Waals surface area contributed by atoms with Crippen LogP contribution in [-0.4, -0.2) is 16.4 Å². The topological polar surface area (TPSA) is 72.4 Å². The standard InChI is InChI=1S/C20H20N4O/c25-12-15-6-8-16(9-7-15)18-10-17-19(22-13-23-20(17)24-18)21-11-14-4-2-1-3-5-14/h1-10,13,19,21,24-25H,11-12H2,(H,22,23). The zero-order chi connectivity index (χ0) is 17.1. The van der Waals surface area contributed by atoms with E-state index in [1.807, 2.05) is 42.5 Å². The van der Waals surface area contributed by atoms with Crippen LogP contribution in [0.4, 0.5) is 5.82 Å². The summed E-state index contributed by atoms with van der Waals surface area (Å²) in [4.78, 5) is 7.93. The van der Waals surface area contributed by atoms with E-state index in [0.29, 0.717) is 0 Å². The number of benzene rings is 2. The molecule has 1 unspecified atom stereocenters. The lowest BCUT2D eigenvalue weighted by Gasteiger charge is -2.19. The number of nitrogens with zero attached hydrogens (tertiary/aromatic N) is 1. The molecule has 126 valence electrons. The van der Waals surface area contributed by atoms with Crippen LogP contribution in [0.2, 0.25) is 0 Å². The third kappa shape index (κ3) is 3.33. The first-order chi connectivity index (χ1) is 12.3. The van der Waals surface area contributed by atoms with Gasteiger partial charge in [0.2, 0.25) is 0 Å². The van der Waals surface area contributed by atoms with Gasteiger partial charge in [-0.05, 0) is 22.8 Å². The van der Waals surface area contributed by atoms with Crippen molar-refractivity contribution in [3.8, 4) is 11.3 Å². The summed E-state index contributed by atoms with van der Waals surface area (Å²) < 4.78 is 0. The first kappa shape index (κ1) is 15.6. The van der Waals surface area contributed by atoms with Crippen LogP contribution in [0.15, 0.2) is 65.7 Å². The molecule has 2 aromatic carbocycles. The highest BCUT2D eigenvalue weighted by Crippen LogP contribution is 2.32. The molecule has 1 aromatic heterocycles. The van der Waals surface area contributed by atoms with E-state index in [4.69, 9.17) is 0 Å². The highest BCUT2D eigenvalue weighted by Gasteiger charge is 2.20. The fourth-order valence-corrected chi connectivity index (χ4v) is 2.98. The van der Waals surface area contributed by atoms with Crippen molar-refractivity contribution in [3.05, 3.63) is 77.4 Å². The zero-order valence-electron chi connectivity index (χ0n) is 13.7. The summed E-state index contributed by atoms with van der Waals surface area (Å²) in [7, 11) is 0. The maximum atomic E-state index is 9.18. The Morgan fingerprint density at radius 2 is 1.80 bits per heavy atom. The number of hydrogen-bond acceptors (Lipinski definition) is 4. The van der Waals surface area contributed by atoms with Gasteiger partial charge in [-0.25, -0.2) is 0 Å². The Morgan fingerprint density at radius 3 is 2.56 bits per heavy atom. The molecule has 25 heavy (non-hydrogen) atoms. The molecule has 5 heteroatoms. The highest BCUT2D eigenvalue weighted by molar-refractivity contribution is 5.81. The van der Waals surface area contributed by atoms with E-state index in [0.717, 1.165) is 34.7 Å². The van der Waals surface area contributed by atoms with Crippen molar-refractivity contribution in [2.24, 2.45) is 4.99 Å². The van der Waals surface area contributed by atoms with Crippen LogP contribution < -0.4 is 10.6 Å². The van der Waals surface area contributed by atoms with Gasteiger partial charge >= 0.3 is 0 Å². The number of rotatable bonds is 5. The van der Waals surface area contributed by atoms with Gasteiger partial charge in [0, 0.05) is 17.8 Å². The first-order valence-corrected chi connectivity index (χ1v) is 8.32. The molecule has 0 aliphatic carbocycles. The van der Waals surface area contributed by atoms with E-state index in [-0.39, 0.29) is 12.8 Å². The molecule has 1 aliphatic rings. The Balaban J connectivity index is 1.54. The van der Waals surface area contributed by atoms with E-state index in [1.165, 1.54) is 5.56 Å². The van der Waals surface area contributed by atoms with Crippen molar-refractivity contribution in [3.63, 3.8) is 0 Å². The number of aliphatic hydroxyl groups excluding tert-OH is 1. The largest absolute Gasteiger partial charge is 0.392 e. The van der Waals surface area contributed by atoms with Gasteiger partial charge in [0.1, 0.15) is 12.0 Å². The van der Waals surface area contributed by atoms with Crippen LogP contribution in [-0.2, 0) is 13.2 Å². The maximum absolute atomic E-state index is 9.18. The number of aromatic amines is 1. The van der Waals surface area contributed by atoms with Gasteiger partial charge < -0.3 is 15.4 Å². The number of hydrogen-bond donors (Lipinski definition) is 4. The van der Waals surface area contributed by atoms with Gasteiger partial charge in [0.25, 0.3) is 0 Å². The van der Waals surface area contributed by atoms with Crippen molar-refractivity contribution in [1.82, 2.24) is 10.3 Å². The van der Waals surface area contributed by atoms with Crippen LogP contribution in [0.25, 0.3) is 11.3 Å². The molecule has 3 aromatic rings. The molecule has 2 heterocycles. The molecule has 1 aliphatic heterocycles. The minimum atomic E-state index is -0.0850. The lowest BCUT2D eigenvalue weighted by atomic mass is 10.1. The number of fused-ring (bicyclic) bond motifs is 1. The van der Waals surface area contributed by atoms with Gasteiger partial charge in [0.05, 0.1) is 12.9 Å². The second kappa shape index (κ2) is 6.93. The molecule has 1 atom stereocenters. The molecule has 4 rings (SSSR count). The molecule has 0 spiro atoms. The Hall–Kier alpha value is -2.89. The highest BCUT2D eigenvalue weighted by atomic mass is 16.3. The normalized spacial score (nSPS) is 15.6. The van der Waals surface area contributed by atoms with Gasteiger partial charge in [-0.15, -0.1) is 0 Å². The molecule has 0 fully saturated rings. The summed E-state index contributed by atoms with van der Waals surface area (Å²) in [6, 6.07) is 20.3. The van der Waals surface area contributed by atoms with E-state index >= 15 is 0 Å².